The molecule has 0 aliphatic rings. The maximum absolute atomic E-state index is 10.2. The van der Waals surface area contributed by atoms with Crippen molar-refractivity contribution in [2.75, 3.05) is 5.75 Å². The van der Waals surface area contributed by atoms with Gasteiger partial charge in [-0.15, -0.1) is 16.4 Å². The van der Waals surface area contributed by atoms with Crippen LogP contribution in [-0.4, -0.2) is 26.9 Å². The summed E-state index contributed by atoms with van der Waals surface area (Å²) >= 11 is 2.58. The van der Waals surface area contributed by atoms with Crippen LogP contribution in [0.1, 0.15) is 0 Å². The van der Waals surface area contributed by atoms with Gasteiger partial charge in [0.1, 0.15) is 0 Å². The number of nitrogens with one attached hydrogen (secondary N) is 1. The lowest BCUT2D eigenvalue weighted by atomic mass is 10.4. The summed E-state index contributed by atoms with van der Waals surface area (Å²) in [5.41, 5.74) is 0. The molecule has 2 heterocycles. The summed E-state index contributed by atoms with van der Waals surface area (Å²) in [6.07, 6.45) is 0. The van der Waals surface area contributed by atoms with Crippen molar-refractivity contribution in [2.24, 2.45) is 0 Å². The maximum Gasteiger partial charge on any atom is 0.209 e. The first kappa shape index (κ1) is 10.2. The van der Waals surface area contributed by atoms with E-state index in [9.17, 15) is 9.90 Å². The number of aliphatic carboxylic acids is 1. The average molecular weight is 240 g/mol. The Labute approximate surface area is 93.6 Å². The number of carbonyl (C=O) groups is 1. The molecule has 2 aromatic rings. The number of rotatable bonds is 4. The van der Waals surface area contributed by atoms with E-state index in [2.05, 4.69) is 15.2 Å². The molecular formula is C8H6N3O2S2-. The minimum Gasteiger partial charge on any atom is -0.549 e. The Morgan fingerprint density at radius 3 is 3.20 bits per heavy atom. The predicted molar refractivity (Wildman–Crippen MR) is 55.4 cm³/mol. The van der Waals surface area contributed by atoms with Gasteiger partial charge in [0.2, 0.25) is 5.16 Å². The molecule has 0 aromatic carbocycles. The van der Waals surface area contributed by atoms with Crippen LogP contribution < -0.4 is 5.11 Å². The quantitative estimate of drug-likeness (QED) is 0.781. The number of aromatic nitrogens is 3. The van der Waals surface area contributed by atoms with Gasteiger partial charge in [0.05, 0.1) is 10.8 Å². The summed E-state index contributed by atoms with van der Waals surface area (Å²) in [6.45, 7) is 0. The molecule has 0 saturated heterocycles. The molecule has 78 valence electrons. The minimum absolute atomic E-state index is 0.137. The maximum atomic E-state index is 10.2. The fourth-order valence-electron chi connectivity index (χ4n) is 0.958. The summed E-state index contributed by atoms with van der Waals surface area (Å²) in [5.74, 6) is -0.602. The smallest absolute Gasteiger partial charge is 0.209 e. The molecule has 1 N–H and O–H groups in total. The molecule has 2 aromatic heterocycles. The molecule has 0 aliphatic heterocycles. The molecule has 0 aliphatic carbocycles. The van der Waals surface area contributed by atoms with Gasteiger partial charge in [-0.2, -0.15) is 0 Å². The zero-order valence-corrected chi connectivity index (χ0v) is 9.10. The van der Waals surface area contributed by atoms with Gasteiger partial charge in [-0.3, -0.25) is 5.10 Å². The Morgan fingerprint density at radius 2 is 2.53 bits per heavy atom. The third-order valence-corrected chi connectivity index (χ3v) is 3.24. The van der Waals surface area contributed by atoms with Gasteiger partial charge in [0.25, 0.3) is 0 Å². The van der Waals surface area contributed by atoms with Gasteiger partial charge in [-0.1, -0.05) is 17.8 Å². The molecule has 0 bridgehead atoms. The van der Waals surface area contributed by atoms with Crippen molar-refractivity contribution < 1.29 is 9.90 Å². The number of nitrogens with zero attached hydrogens (tertiary/aromatic N) is 2. The van der Waals surface area contributed by atoms with Gasteiger partial charge in [-0.05, 0) is 11.4 Å². The van der Waals surface area contributed by atoms with Crippen molar-refractivity contribution in [2.45, 2.75) is 5.16 Å². The third kappa shape index (κ3) is 2.57. The molecule has 0 atom stereocenters. The van der Waals surface area contributed by atoms with E-state index >= 15 is 0 Å². The van der Waals surface area contributed by atoms with Crippen LogP contribution in [-0.2, 0) is 4.79 Å². The van der Waals surface area contributed by atoms with Gasteiger partial charge < -0.3 is 9.90 Å². The highest BCUT2D eigenvalue weighted by atomic mass is 32.2. The number of carboxylic acids is 1. The number of hydrogen-bond donors (Lipinski definition) is 1. The minimum atomic E-state index is -1.12. The van der Waals surface area contributed by atoms with Crippen LogP contribution in [0, 0.1) is 0 Å². The van der Waals surface area contributed by atoms with Gasteiger partial charge in [-0.25, -0.2) is 4.98 Å². The van der Waals surface area contributed by atoms with Crippen molar-refractivity contribution >= 4 is 29.1 Å². The Bertz CT molecular complexity index is 452. The third-order valence-electron chi connectivity index (χ3n) is 1.54. The normalized spacial score (nSPS) is 10.4. The number of H-pyrrole nitrogens is 1. The molecule has 7 heteroatoms. The number of thioether (sulfide) groups is 1. The van der Waals surface area contributed by atoms with Crippen molar-refractivity contribution in [1.82, 2.24) is 15.2 Å². The Morgan fingerprint density at radius 1 is 1.67 bits per heavy atom. The SMILES string of the molecule is O=C([O-])CSc1n[nH]c(-c2cccs2)n1. The van der Waals surface area contributed by atoms with E-state index in [4.69, 9.17) is 0 Å². The molecule has 0 amide bonds. The lowest BCUT2D eigenvalue weighted by Gasteiger charge is -1.95. The predicted octanol–water partition coefficient (Wildman–Crippen LogP) is 0.375. The number of thiophene rings is 1. The van der Waals surface area contributed by atoms with Crippen molar-refractivity contribution in [1.29, 1.82) is 0 Å². The van der Waals surface area contributed by atoms with Crippen LogP contribution in [0.5, 0.6) is 0 Å². The summed E-state index contributed by atoms with van der Waals surface area (Å²) in [4.78, 5) is 15.3. The van der Waals surface area contributed by atoms with Crippen molar-refractivity contribution in [3.63, 3.8) is 0 Å². The number of carboxylic acid groups (broad SMARTS) is 1. The van der Waals surface area contributed by atoms with Gasteiger partial charge in [0, 0.05) is 5.75 Å². The Balaban J connectivity index is 2.08. The molecule has 0 radical (unpaired) electrons. The van der Waals surface area contributed by atoms with E-state index in [0.29, 0.717) is 11.0 Å². The second kappa shape index (κ2) is 4.45. The van der Waals surface area contributed by atoms with Crippen LogP contribution in [0.25, 0.3) is 10.7 Å². The van der Waals surface area contributed by atoms with Crippen LogP contribution >= 0.6 is 23.1 Å². The van der Waals surface area contributed by atoms with E-state index in [-0.39, 0.29) is 5.75 Å². The second-order valence-electron chi connectivity index (χ2n) is 2.60. The van der Waals surface area contributed by atoms with Crippen molar-refractivity contribution in [3.8, 4) is 10.7 Å². The van der Waals surface area contributed by atoms with Crippen LogP contribution in [0.2, 0.25) is 0 Å². The van der Waals surface area contributed by atoms with Crippen LogP contribution in [0.15, 0.2) is 22.7 Å². The first-order valence-corrected chi connectivity index (χ1v) is 5.91. The number of carbonyl (C=O) groups excluding carboxylic acids is 1. The molecule has 2 rings (SSSR count). The molecule has 5 nitrogen and oxygen atoms in total. The zero-order valence-electron chi connectivity index (χ0n) is 7.47. The molecule has 0 spiro atoms. The molecule has 0 unspecified atom stereocenters. The summed E-state index contributed by atoms with van der Waals surface area (Å²) < 4.78 is 0. The monoisotopic (exact) mass is 240 g/mol. The molecule has 15 heavy (non-hydrogen) atoms. The van der Waals surface area contributed by atoms with Gasteiger partial charge >= 0.3 is 0 Å². The van der Waals surface area contributed by atoms with Crippen molar-refractivity contribution in [3.05, 3.63) is 17.5 Å². The first-order chi connectivity index (χ1) is 7.25. The average Bonchev–Trinajstić information content (AvgIpc) is 2.85. The summed E-state index contributed by atoms with van der Waals surface area (Å²) in [6, 6.07) is 3.83. The van der Waals surface area contributed by atoms with Crippen LogP contribution in [0.4, 0.5) is 0 Å². The fraction of sp³-hybridized carbons (Fsp3) is 0.125. The summed E-state index contributed by atoms with van der Waals surface area (Å²) in [5, 5.41) is 19.2. The first-order valence-electron chi connectivity index (χ1n) is 4.04. The fourth-order valence-corrected chi connectivity index (χ4v) is 2.13. The second-order valence-corrected chi connectivity index (χ2v) is 4.49. The van der Waals surface area contributed by atoms with E-state index in [0.717, 1.165) is 16.6 Å². The number of hydrogen-bond acceptors (Lipinski definition) is 6. The standard InChI is InChI=1S/C8H7N3O2S2/c12-6(13)4-15-8-9-7(10-11-8)5-2-1-3-14-5/h1-3H,4H2,(H,12,13)(H,9,10,11)/p-1. The zero-order chi connectivity index (χ0) is 10.7. The highest BCUT2D eigenvalue weighted by Crippen LogP contribution is 2.22. The van der Waals surface area contributed by atoms with E-state index in [1.54, 1.807) is 11.3 Å². The summed E-state index contributed by atoms with van der Waals surface area (Å²) in [7, 11) is 0. The van der Waals surface area contributed by atoms with Crippen LogP contribution in [0.3, 0.4) is 0 Å². The number of aromatic amines is 1. The lowest BCUT2D eigenvalue weighted by Crippen LogP contribution is -2.24. The van der Waals surface area contributed by atoms with E-state index in [1.807, 2.05) is 17.5 Å². The topological polar surface area (TPSA) is 81.7 Å². The lowest BCUT2D eigenvalue weighted by molar-refractivity contribution is -0.301. The van der Waals surface area contributed by atoms with Gasteiger partial charge in [0.15, 0.2) is 5.82 Å². The van der Waals surface area contributed by atoms with E-state index < -0.39 is 5.97 Å². The highest BCUT2D eigenvalue weighted by Gasteiger charge is 2.06. The van der Waals surface area contributed by atoms with E-state index in [1.165, 1.54) is 0 Å². The molecular weight excluding hydrogens is 234 g/mol. The molecule has 0 saturated carbocycles. The largest absolute Gasteiger partial charge is 0.549 e. The molecule has 0 fully saturated rings. The Kier molecular flexibility index (Phi) is 3.02. The Hall–Kier alpha value is -1.34. The highest BCUT2D eigenvalue weighted by molar-refractivity contribution is 7.99.